The van der Waals surface area contributed by atoms with E-state index < -0.39 is 0 Å². The van der Waals surface area contributed by atoms with Gasteiger partial charge in [0.1, 0.15) is 0 Å². The van der Waals surface area contributed by atoms with Crippen LogP contribution in [-0.4, -0.2) is 11.3 Å². The molecule has 3 heterocycles. The maximum atomic E-state index is 2.57. The Balaban J connectivity index is 1.11. The van der Waals surface area contributed by atoms with Crippen LogP contribution in [0.5, 0.6) is 0 Å². The molecule has 0 atom stereocenters. The highest BCUT2D eigenvalue weighted by molar-refractivity contribution is 7.00. The Labute approximate surface area is 459 Å². The smallest absolute Gasteiger partial charge is 0.252 e. The predicted octanol–water partition coefficient (Wildman–Crippen LogP) is 18.1. The number of hydrogen-bond acceptors (Lipinski definition) is 2. The maximum Gasteiger partial charge on any atom is 0.252 e. The topological polar surface area (TPSA) is 11.4 Å². The first-order valence-electron chi connectivity index (χ1n) is 27.5. The molecule has 0 saturated heterocycles. The average Bonchev–Trinajstić information content (AvgIpc) is 3.92. The molecule has 14 rings (SSSR count). The van der Waals surface area contributed by atoms with Gasteiger partial charge in [0.05, 0.1) is 16.7 Å². The van der Waals surface area contributed by atoms with Crippen molar-refractivity contribution in [2.45, 2.75) is 52.4 Å². The Hall–Kier alpha value is -9.12. The van der Waals surface area contributed by atoms with Gasteiger partial charge in [0.2, 0.25) is 0 Å². The third-order valence-electron chi connectivity index (χ3n) is 16.5. The third-order valence-corrected chi connectivity index (χ3v) is 16.5. The van der Waals surface area contributed by atoms with Gasteiger partial charge in [-0.25, -0.2) is 0 Å². The van der Waals surface area contributed by atoms with Crippen molar-refractivity contribution in [1.29, 1.82) is 0 Å². The Bertz CT molecular complexity index is 4010. The molecule has 3 nitrogen and oxygen atoms in total. The molecule has 0 aliphatic carbocycles. The molecule has 0 amide bonds. The molecule has 4 heteroatoms. The number of nitrogens with zero attached hydrogens (tertiary/aromatic N) is 3. The van der Waals surface area contributed by atoms with E-state index in [0.29, 0.717) is 0 Å². The quantitative estimate of drug-likeness (QED) is 0.147. The second kappa shape index (κ2) is 18.3. The van der Waals surface area contributed by atoms with Crippen molar-refractivity contribution in [2.75, 3.05) is 9.80 Å². The van der Waals surface area contributed by atoms with Crippen LogP contribution in [0.4, 0.5) is 34.1 Å². The molecule has 0 bridgehead atoms. The summed E-state index contributed by atoms with van der Waals surface area (Å²) in [5.41, 5.74) is 26.4. The van der Waals surface area contributed by atoms with Crippen molar-refractivity contribution >= 4 is 79.0 Å². The fourth-order valence-electron chi connectivity index (χ4n) is 12.6. The van der Waals surface area contributed by atoms with Crippen LogP contribution in [-0.2, 0) is 10.8 Å². The zero-order chi connectivity index (χ0) is 52.9. The largest absolute Gasteiger partial charge is 0.311 e. The van der Waals surface area contributed by atoms with E-state index in [1.54, 1.807) is 0 Å². The molecule has 0 unspecified atom stereocenters. The molecule has 0 N–H and O–H groups in total. The minimum Gasteiger partial charge on any atom is -0.311 e. The molecule has 2 aliphatic heterocycles. The van der Waals surface area contributed by atoms with Crippen LogP contribution < -0.4 is 26.2 Å². The predicted molar refractivity (Wildman–Crippen MR) is 334 cm³/mol. The van der Waals surface area contributed by atoms with Gasteiger partial charge in [0.25, 0.3) is 6.71 Å². The normalized spacial score (nSPS) is 12.9. The summed E-state index contributed by atoms with van der Waals surface area (Å²) in [6, 6.07) is 95.4. The molecule has 1 aromatic heterocycles. The Morgan fingerprint density at radius 2 is 0.654 bits per heavy atom. The van der Waals surface area contributed by atoms with Crippen LogP contribution in [0.15, 0.2) is 255 Å². The van der Waals surface area contributed by atoms with Crippen LogP contribution in [0.1, 0.15) is 52.7 Å². The zero-order valence-corrected chi connectivity index (χ0v) is 45.2. The number of anilines is 6. The lowest BCUT2D eigenvalue weighted by Gasteiger charge is -2.44. The molecule has 12 aromatic rings. The van der Waals surface area contributed by atoms with Gasteiger partial charge in [0.15, 0.2) is 0 Å². The van der Waals surface area contributed by atoms with E-state index in [1.165, 1.54) is 117 Å². The van der Waals surface area contributed by atoms with Gasteiger partial charge in [-0.05, 0) is 144 Å². The van der Waals surface area contributed by atoms with Gasteiger partial charge in [-0.2, -0.15) is 0 Å². The lowest BCUT2D eigenvalue weighted by atomic mass is 9.33. The Morgan fingerprint density at radius 1 is 0.295 bits per heavy atom. The van der Waals surface area contributed by atoms with Crippen LogP contribution in [0, 0.1) is 0 Å². The summed E-state index contributed by atoms with van der Waals surface area (Å²) in [6.07, 6.45) is 0. The van der Waals surface area contributed by atoms with Crippen LogP contribution >= 0.6 is 0 Å². The van der Waals surface area contributed by atoms with Gasteiger partial charge in [-0.15, -0.1) is 0 Å². The van der Waals surface area contributed by atoms with Crippen LogP contribution in [0.3, 0.4) is 0 Å². The van der Waals surface area contributed by atoms with E-state index in [0.717, 1.165) is 17.1 Å². The summed E-state index contributed by atoms with van der Waals surface area (Å²) < 4.78 is 2.57. The fourth-order valence-corrected chi connectivity index (χ4v) is 12.6. The zero-order valence-electron chi connectivity index (χ0n) is 45.2. The first kappa shape index (κ1) is 47.3. The number of hydrogen-bond donors (Lipinski definition) is 0. The van der Waals surface area contributed by atoms with Gasteiger partial charge >= 0.3 is 0 Å². The number of aromatic nitrogens is 1. The summed E-state index contributed by atoms with van der Waals surface area (Å²) in [4.78, 5) is 5.11. The summed E-state index contributed by atoms with van der Waals surface area (Å²) in [6.45, 7) is 13.8. The van der Waals surface area contributed by atoms with Crippen LogP contribution in [0.25, 0.3) is 72.0 Å². The van der Waals surface area contributed by atoms with Crippen molar-refractivity contribution in [2.24, 2.45) is 0 Å². The number of para-hydroxylation sites is 2. The van der Waals surface area contributed by atoms with Crippen molar-refractivity contribution in [1.82, 2.24) is 4.57 Å². The Kier molecular flexibility index (Phi) is 11.1. The molecular formula is C74H60BN3. The average molecular weight is 1000 g/mol. The van der Waals surface area contributed by atoms with E-state index in [1.807, 2.05) is 0 Å². The summed E-state index contributed by atoms with van der Waals surface area (Å²) in [5, 5.41) is 2.51. The lowest BCUT2D eigenvalue weighted by Crippen LogP contribution is -2.61. The highest BCUT2D eigenvalue weighted by Gasteiger charge is 2.44. The minimum atomic E-state index is -0.139. The van der Waals surface area contributed by atoms with Gasteiger partial charge in [-0.3, -0.25) is 0 Å². The SMILES string of the molecule is CC(C)(C)c1ccc2c3ccc(C(C)(C)C)cc3n(-c3cc4c5c(c3)N(c3ccccc3)c3ccc(-c6ccccc6-c6ccccc6)cc3B5c3cc(-c5ccccc5-c5ccccc5)ccc3N4c3ccccc3)c2c1. The third kappa shape index (κ3) is 7.80. The first-order valence-corrected chi connectivity index (χ1v) is 27.5. The van der Waals surface area contributed by atoms with E-state index in [4.69, 9.17) is 0 Å². The monoisotopic (exact) mass is 1000 g/mol. The van der Waals surface area contributed by atoms with Crippen LogP contribution in [0.2, 0.25) is 0 Å². The number of fused-ring (bicyclic) bond motifs is 7. The Morgan fingerprint density at radius 3 is 1.04 bits per heavy atom. The molecule has 11 aromatic carbocycles. The lowest BCUT2D eigenvalue weighted by molar-refractivity contribution is 0.591. The van der Waals surface area contributed by atoms with Crippen molar-refractivity contribution in [3.05, 3.63) is 266 Å². The number of benzene rings is 11. The molecule has 78 heavy (non-hydrogen) atoms. The number of rotatable bonds is 7. The molecule has 0 radical (unpaired) electrons. The molecular weight excluding hydrogens is 942 g/mol. The molecule has 374 valence electrons. The van der Waals surface area contributed by atoms with E-state index in [9.17, 15) is 0 Å². The van der Waals surface area contributed by atoms with Crippen molar-refractivity contribution in [3.8, 4) is 50.2 Å². The second-order valence-electron chi connectivity index (χ2n) is 23.3. The van der Waals surface area contributed by atoms with Gasteiger partial charge in [-0.1, -0.05) is 236 Å². The summed E-state index contributed by atoms with van der Waals surface area (Å²) in [7, 11) is 0. The van der Waals surface area contributed by atoms with Crippen molar-refractivity contribution < 1.29 is 0 Å². The van der Waals surface area contributed by atoms with E-state index >= 15 is 0 Å². The molecule has 0 spiro atoms. The highest BCUT2D eigenvalue weighted by atomic mass is 15.2. The van der Waals surface area contributed by atoms with E-state index in [-0.39, 0.29) is 17.5 Å². The fraction of sp³-hybridized carbons (Fsp3) is 0.108. The molecule has 2 aliphatic rings. The highest BCUT2D eigenvalue weighted by Crippen LogP contribution is 2.48. The summed E-state index contributed by atoms with van der Waals surface area (Å²) in [5.74, 6) is 0. The van der Waals surface area contributed by atoms with Crippen molar-refractivity contribution in [3.63, 3.8) is 0 Å². The standard InChI is InChI=1S/C74H60BN3/c1-73(2,3)53-37-39-62-63-40-38-54(74(4,5)6)46-69(63)78(68(62)45-53)57-47-70-72-71(48-57)77(56-29-17-10-18-30-56)67-42-36-52(61-34-22-20-32-59(61)50-25-13-8-14-26-50)44-65(67)75(72)64-43-51(35-41-66(64)76(70)55-27-15-9-16-28-55)60-33-21-19-31-58(60)49-23-11-7-12-24-49/h7-48H,1-6H3. The first-order chi connectivity index (χ1) is 38.0. The molecule has 0 saturated carbocycles. The van der Waals surface area contributed by atoms with Gasteiger partial charge in [0, 0.05) is 44.9 Å². The minimum absolute atomic E-state index is 0.0519. The second-order valence-corrected chi connectivity index (χ2v) is 23.3. The van der Waals surface area contributed by atoms with Gasteiger partial charge < -0.3 is 14.4 Å². The maximum absolute atomic E-state index is 2.57. The molecule has 0 fully saturated rings. The summed E-state index contributed by atoms with van der Waals surface area (Å²) >= 11 is 0. The van der Waals surface area contributed by atoms with E-state index in [2.05, 4.69) is 311 Å².